The van der Waals surface area contributed by atoms with Gasteiger partial charge in [0, 0.05) is 29.1 Å². The minimum absolute atomic E-state index is 0.192. The molecule has 3 atom stereocenters. The van der Waals surface area contributed by atoms with Crippen molar-refractivity contribution in [3.8, 4) is 11.5 Å². The van der Waals surface area contributed by atoms with Crippen molar-refractivity contribution in [2.75, 3.05) is 12.9 Å². The van der Waals surface area contributed by atoms with Crippen LogP contribution in [0.2, 0.25) is 0 Å². The number of ether oxygens (including phenoxy) is 2. The SMILES string of the molecule is COc1ccc2c(c1)OC1(CSC(C)C1)C[C@H]2O. The molecule has 0 bridgehead atoms. The van der Waals surface area contributed by atoms with Crippen molar-refractivity contribution in [2.45, 2.75) is 36.7 Å². The van der Waals surface area contributed by atoms with Crippen LogP contribution in [0.15, 0.2) is 18.2 Å². The topological polar surface area (TPSA) is 38.7 Å². The van der Waals surface area contributed by atoms with Gasteiger partial charge in [0.25, 0.3) is 0 Å². The van der Waals surface area contributed by atoms with E-state index in [9.17, 15) is 5.11 Å². The first-order valence-electron chi connectivity index (χ1n) is 6.28. The Morgan fingerprint density at radius 1 is 1.44 bits per heavy atom. The van der Waals surface area contributed by atoms with Crippen molar-refractivity contribution >= 4 is 11.8 Å². The van der Waals surface area contributed by atoms with Crippen molar-refractivity contribution in [1.29, 1.82) is 0 Å². The minimum atomic E-state index is -0.425. The normalized spacial score (nSPS) is 34.2. The first-order chi connectivity index (χ1) is 8.62. The zero-order valence-electron chi connectivity index (χ0n) is 10.7. The number of aliphatic hydroxyl groups is 1. The van der Waals surface area contributed by atoms with Crippen LogP contribution in [0.5, 0.6) is 11.5 Å². The molecular weight excluding hydrogens is 248 g/mol. The molecule has 1 aromatic carbocycles. The Hall–Kier alpha value is -0.870. The smallest absolute Gasteiger partial charge is 0.129 e. The van der Waals surface area contributed by atoms with Crippen LogP contribution in [0, 0.1) is 0 Å². The zero-order chi connectivity index (χ0) is 12.8. The summed E-state index contributed by atoms with van der Waals surface area (Å²) in [5.74, 6) is 2.52. The van der Waals surface area contributed by atoms with Crippen molar-refractivity contribution in [2.24, 2.45) is 0 Å². The lowest BCUT2D eigenvalue weighted by Crippen LogP contribution is -2.41. The fourth-order valence-electron chi connectivity index (χ4n) is 2.89. The standard InChI is InChI=1S/C14H18O3S/c1-9-6-14(8-18-9)7-12(15)11-4-3-10(16-2)5-13(11)17-14/h3-5,9,12,15H,6-8H2,1-2H3/t9?,12-,14?/m1/s1. The summed E-state index contributed by atoms with van der Waals surface area (Å²) >= 11 is 1.92. The van der Waals surface area contributed by atoms with Crippen LogP contribution in [0.4, 0.5) is 0 Å². The summed E-state index contributed by atoms with van der Waals surface area (Å²) in [6, 6.07) is 5.65. The Morgan fingerprint density at radius 3 is 2.94 bits per heavy atom. The van der Waals surface area contributed by atoms with Gasteiger partial charge in [0.05, 0.1) is 13.2 Å². The van der Waals surface area contributed by atoms with Crippen molar-refractivity contribution in [3.05, 3.63) is 23.8 Å². The number of hydrogen-bond acceptors (Lipinski definition) is 4. The molecule has 2 aliphatic rings. The maximum absolute atomic E-state index is 10.3. The molecule has 2 unspecified atom stereocenters. The second kappa shape index (κ2) is 4.35. The molecule has 1 saturated heterocycles. The molecule has 1 N–H and O–H groups in total. The van der Waals surface area contributed by atoms with E-state index < -0.39 is 6.10 Å². The van der Waals surface area contributed by atoms with E-state index in [0.717, 1.165) is 29.2 Å². The number of fused-ring (bicyclic) bond motifs is 1. The minimum Gasteiger partial charge on any atom is -0.497 e. The summed E-state index contributed by atoms with van der Waals surface area (Å²) in [4.78, 5) is 0. The van der Waals surface area contributed by atoms with Gasteiger partial charge in [0.2, 0.25) is 0 Å². The highest BCUT2D eigenvalue weighted by Gasteiger charge is 2.45. The molecule has 0 saturated carbocycles. The third-order valence-corrected chi connectivity index (χ3v) is 5.19. The average molecular weight is 266 g/mol. The highest BCUT2D eigenvalue weighted by molar-refractivity contribution is 8.00. The van der Waals surface area contributed by atoms with Gasteiger partial charge in [0.1, 0.15) is 17.1 Å². The van der Waals surface area contributed by atoms with Crippen LogP contribution in [0.25, 0.3) is 0 Å². The molecule has 4 heteroatoms. The first-order valence-corrected chi connectivity index (χ1v) is 7.33. The molecule has 0 radical (unpaired) electrons. The van der Waals surface area contributed by atoms with E-state index in [-0.39, 0.29) is 5.60 Å². The molecule has 0 aromatic heterocycles. The fraction of sp³-hybridized carbons (Fsp3) is 0.571. The quantitative estimate of drug-likeness (QED) is 0.848. The summed E-state index contributed by atoms with van der Waals surface area (Å²) in [6.07, 6.45) is 1.28. The van der Waals surface area contributed by atoms with Gasteiger partial charge in [-0.05, 0) is 18.6 Å². The Balaban J connectivity index is 1.95. The molecule has 2 heterocycles. The van der Waals surface area contributed by atoms with Gasteiger partial charge >= 0.3 is 0 Å². The van der Waals surface area contributed by atoms with E-state index in [1.165, 1.54) is 0 Å². The predicted molar refractivity (Wildman–Crippen MR) is 72.5 cm³/mol. The van der Waals surface area contributed by atoms with Crippen molar-refractivity contribution in [3.63, 3.8) is 0 Å². The Kier molecular flexibility index (Phi) is 2.94. The lowest BCUT2D eigenvalue weighted by atomic mass is 9.87. The number of aliphatic hydroxyl groups excluding tert-OH is 1. The Labute approximate surface area is 111 Å². The van der Waals surface area contributed by atoms with Crippen LogP contribution in [-0.4, -0.2) is 28.8 Å². The maximum Gasteiger partial charge on any atom is 0.129 e. The number of hydrogen-bond donors (Lipinski definition) is 1. The highest BCUT2D eigenvalue weighted by Crippen LogP contribution is 2.48. The maximum atomic E-state index is 10.3. The van der Waals surface area contributed by atoms with E-state index in [4.69, 9.17) is 9.47 Å². The number of rotatable bonds is 1. The molecule has 2 aliphatic heterocycles. The summed E-state index contributed by atoms with van der Waals surface area (Å²) in [5, 5.41) is 10.9. The second-order valence-electron chi connectivity index (χ2n) is 5.23. The number of thioether (sulfide) groups is 1. The Bertz CT molecular complexity index is 462. The largest absolute Gasteiger partial charge is 0.497 e. The van der Waals surface area contributed by atoms with Crippen LogP contribution >= 0.6 is 11.8 Å². The van der Waals surface area contributed by atoms with Gasteiger partial charge in [0.15, 0.2) is 0 Å². The average Bonchev–Trinajstić information content (AvgIpc) is 2.69. The van der Waals surface area contributed by atoms with Gasteiger partial charge in [-0.15, -0.1) is 0 Å². The summed E-state index contributed by atoms with van der Waals surface area (Å²) in [7, 11) is 1.64. The zero-order valence-corrected chi connectivity index (χ0v) is 11.5. The predicted octanol–water partition coefficient (Wildman–Crippen LogP) is 2.78. The summed E-state index contributed by atoms with van der Waals surface area (Å²) in [5.41, 5.74) is 0.689. The van der Waals surface area contributed by atoms with Crippen molar-refractivity contribution < 1.29 is 14.6 Å². The first kappa shape index (κ1) is 12.2. The Morgan fingerprint density at radius 2 is 2.28 bits per heavy atom. The molecule has 1 spiro atoms. The van der Waals surface area contributed by atoms with Crippen molar-refractivity contribution in [1.82, 2.24) is 0 Å². The van der Waals surface area contributed by atoms with Gasteiger partial charge in [-0.25, -0.2) is 0 Å². The van der Waals surface area contributed by atoms with Gasteiger partial charge in [-0.3, -0.25) is 0 Å². The van der Waals surface area contributed by atoms with E-state index in [2.05, 4.69) is 6.92 Å². The van der Waals surface area contributed by atoms with Crippen LogP contribution in [0.1, 0.15) is 31.4 Å². The highest BCUT2D eigenvalue weighted by atomic mass is 32.2. The van der Waals surface area contributed by atoms with Crippen LogP contribution in [0.3, 0.4) is 0 Å². The molecular formula is C14H18O3S. The summed E-state index contributed by atoms with van der Waals surface area (Å²) in [6.45, 7) is 2.22. The van der Waals surface area contributed by atoms with E-state index in [0.29, 0.717) is 11.7 Å². The lowest BCUT2D eigenvalue weighted by Gasteiger charge is -2.38. The molecule has 0 amide bonds. The molecule has 1 fully saturated rings. The van der Waals surface area contributed by atoms with Gasteiger partial charge in [-0.1, -0.05) is 6.92 Å². The number of methoxy groups -OCH3 is 1. The van der Waals surface area contributed by atoms with Crippen LogP contribution < -0.4 is 9.47 Å². The third kappa shape index (κ3) is 1.97. The van der Waals surface area contributed by atoms with Crippen LogP contribution in [-0.2, 0) is 0 Å². The summed E-state index contributed by atoms with van der Waals surface area (Å²) < 4.78 is 11.4. The van der Waals surface area contributed by atoms with Gasteiger partial charge < -0.3 is 14.6 Å². The number of benzene rings is 1. The molecule has 0 aliphatic carbocycles. The van der Waals surface area contributed by atoms with E-state index >= 15 is 0 Å². The molecule has 1 aromatic rings. The lowest BCUT2D eigenvalue weighted by molar-refractivity contribution is 0.00134. The molecule has 18 heavy (non-hydrogen) atoms. The fourth-order valence-corrected chi connectivity index (χ4v) is 4.20. The van der Waals surface area contributed by atoms with Gasteiger partial charge in [-0.2, -0.15) is 11.8 Å². The second-order valence-corrected chi connectivity index (χ2v) is 6.66. The monoisotopic (exact) mass is 266 g/mol. The third-order valence-electron chi connectivity index (χ3n) is 3.76. The van der Waals surface area contributed by atoms with E-state index in [1.807, 2.05) is 30.0 Å². The molecule has 3 nitrogen and oxygen atoms in total. The van der Waals surface area contributed by atoms with E-state index in [1.54, 1.807) is 7.11 Å². The molecule has 98 valence electrons. The molecule has 3 rings (SSSR count).